The fourth-order valence-electron chi connectivity index (χ4n) is 4.52. The first kappa shape index (κ1) is 25.1. The van der Waals surface area contributed by atoms with E-state index in [9.17, 15) is 15.0 Å². The van der Waals surface area contributed by atoms with Gasteiger partial charge in [0.1, 0.15) is 17.8 Å². The number of ether oxygens (including phenoxy) is 1. The summed E-state index contributed by atoms with van der Waals surface area (Å²) in [5.74, 6) is 0.500. The van der Waals surface area contributed by atoms with Gasteiger partial charge in [0.15, 0.2) is 0 Å². The van der Waals surface area contributed by atoms with Crippen LogP contribution in [0.25, 0.3) is 0 Å². The van der Waals surface area contributed by atoms with E-state index in [0.29, 0.717) is 12.2 Å². The average Bonchev–Trinajstić information content (AvgIpc) is 2.79. The molecule has 3 N–H and O–H groups in total. The van der Waals surface area contributed by atoms with Crippen molar-refractivity contribution in [3.8, 4) is 11.5 Å². The Hall–Kier alpha value is -2.57. The number of phenolic OH excluding ortho intramolecular Hbond substituents is 2. The molecule has 6 heteroatoms. The molecular weight excluding hydrogens is 416 g/mol. The first-order valence-corrected chi connectivity index (χ1v) is 12.0. The summed E-state index contributed by atoms with van der Waals surface area (Å²) in [5, 5.41) is 24.4. The number of nitrogens with zero attached hydrogens (tertiary/aromatic N) is 1. The topological polar surface area (TPSA) is 82.0 Å². The fourth-order valence-corrected chi connectivity index (χ4v) is 4.52. The van der Waals surface area contributed by atoms with Crippen LogP contribution in [0.3, 0.4) is 0 Å². The summed E-state index contributed by atoms with van der Waals surface area (Å²) in [6.07, 6.45) is 2.78. The Labute approximate surface area is 197 Å². The van der Waals surface area contributed by atoms with E-state index in [4.69, 9.17) is 4.74 Å². The summed E-state index contributed by atoms with van der Waals surface area (Å²) in [6, 6.07) is 11.4. The highest BCUT2D eigenvalue weighted by molar-refractivity contribution is 5.54. The van der Waals surface area contributed by atoms with Crippen LogP contribution in [0.5, 0.6) is 11.5 Å². The molecule has 1 aliphatic rings. The van der Waals surface area contributed by atoms with Gasteiger partial charge >= 0.3 is 0 Å². The van der Waals surface area contributed by atoms with Gasteiger partial charge in [-0.2, -0.15) is 0 Å². The van der Waals surface area contributed by atoms with Gasteiger partial charge in [0.2, 0.25) is 0 Å². The molecule has 1 fully saturated rings. The second-order valence-corrected chi connectivity index (χ2v) is 9.35. The molecule has 1 aliphatic heterocycles. The van der Waals surface area contributed by atoms with E-state index in [-0.39, 0.29) is 35.5 Å². The van der Waals surface area contributed by atoms with Crippen molar-refractivity contribution in [3.63, 3.8) is 0 Å². The van der Waals surface area contributed by atoms with Gasteiger partial charge in [-0.1, -0.05) is 26.0 Å². The molecule has 180 valence electrons. The molecule has 2 aromatic rings. The Morgan fingerprint density at radius 1 is 1.06 bits per heavy atom. The van der Waals surface area contributed by atoms with E-state index >= 15 is 0 Å². The van der Waals surface area contributed by atoms with Crippen molar-refractivity contribution in [2.75, 3.05) is 25.0 Å². The summed E-state index contributed by atoms with van der Waals surface area (Å²) in [5.41, 5.74) is 3.68. The van der Waals surface area contributed by atoms with Crippen LogP contribution >= 0.6 is 0 Å². The van der Waals surface area contributed by atoms with E-state index in [0.717, 1.165) is 50.0 Å². The molecule has 1 unspecified atom stereocenters. The molecule has 2 atom stereocenters. The minimum Gasteiger partial charge on any atom is -0.508 e. The molecule has 1 saturated heterocycles. The lowest BCUT2D eigenvalue weighted by atomic mass is 9.93. The second kappa shape index (κ2) is 11.5. The predicted molar refractivity (Wildman–Crippen MR) is 132 cm³/mol. The predicted octanol–water partition coefficient (Wildman–Crippen LogP) is 5.21. The smallest absolute Gasteiger partial charge is 0.124 e. The third-order valence-electron chi connectivity index (χ3n) is 6.54. The number of benzene rings is 2. The van der Waals surface area contributed by atoms with Crippen molar-refractivity contribution in [3.05, 3.63) is 53.1 Å². The molecule has 0 bridgehead atoms. The number of anilines is 1. The number of carbonyl (C=O) groups is 1. The Morgan fingerprint density at radius 2 is 1.70 bits per heavy atom. The molecular formula is C27H38N2O4. The first-order chi connectivity index (χ1) is 15.8. The Balaban J connectivity index is 1.76. The molecule has 2 aromatic carbocycles. The highest BCUT2D eigenvalue weighted by Gasteiger charge is 2.25. The van der Waals surface area contributed by atoms with Crippen molar-refractivity contribution < 1.29 is 19.7 Å². The second-order valence-electron chi connectivity index (χ2n) is 9.35. The summed E-state index contributed by atoms with van der Waals surface area (Å²) >= 11 is 0. The summed E-state index contributed by atoms with van der Waals surface area (Å²) in [6.45, 7) is 11.3. The maximum Gasteiger partial charge on any atom is 0.124 e. The van der Waals surface area contributed by atoms with Crippen LogP contribution in [0.15, 0.2) is 36.4 Å². The number of rotatable bonds is 10. The van der Waals surface area contributed by atoms with E-state index in [1.54, 1.807) is 0 Å². The summed E-state index contributed by atoms with van der Waals surface area (Å²) in [7, 11) is 0. The van der Waals surface area contributed by atoms with Gasteiger partial charge in [-0.05, 0) is 75.0 Å². The monoisotopic (exact) mass is 454 g/mol. The molecule has 0 amide bonds. The largest absolute Gasteiger partial charge is 0.508 e. The number of hydrogen-bond acceptors (Lipinski definition) is 6. The number of piperidine rings is 1. The van der Waals surface area contributed by atoms with Crippen molar-refractivity contribution in [2.24, 2.45) is 5.92 Å². The van der Waals surface area contributed by atoms with Crippen LogP contribution in [-0.2, 0) is 16.1 Å². The van der Waals surface area contributed by atoms with Gasteiger partial charge in [-0.25, -0.2) is 0 Å². The lowest BCUT2D eigenvalue weighted by Crippen LogP contribution is -2.33. The molecule has 0 saturated carbocycles. The van der Waals surface area contributed by atoms with Gasteiger partial charge in [-0.3, -0.25) is 4.90 Å². The molecule has 0 aliphatic carbocycles. The Morgan fingerprint density at radius 3 is 2.27 bits per heavy atom. The Kier molecular flexibility index (Phi) is 8.75. The summed E-state index contributed by atoms with van der Waals surface area (Å²) < 4.78 is 5.89. The number of nitrogens with one attached hydrogen (secondary N) is 1. The van der Waals surface area contributed by atoms with Crippen LogP contribution in [0.4, 0.5) is 5.69 Å². The molecule has 33 heavy (non-hydrogen) atoms. The Bertz CT molecular complexity index is 905. The van der Waals surface area contributed by atoms with Crippen LogP contribution in [0.1, 0.15) is 69.2 Å². The minimum atomic E-state index is -0.281. The first-order valence-electron chi connectivity index (χ1n) is 12.0. The van der Waals surface area contributed by atoms with Crippen LogP contribution in [-0.4, -0.2) is 47.2 Å². The van der Waals surface area contributed by atoms with Gasteiger partial charge < -0.3 is 25.1 Å². The highest BCUT2D eigenvalue weighted by atomic mass is 16.5. The number of likely N-dealkylation sites (tertiary alicyclic amines) is 1. The maximum atomic E-state index is 11.0. The van der Waals surface area contributed by atoms with E-state index in [1.165, 1.54) is 11.6 Å². The number of hydrogen-bond donors (Lipinski definition) is 3. The third kappa shape index (κ3) is 6.49. The number of aldehydes is 1. The van der Waals surface area contributed by atoms with Gasteiger partial charge in [0, 0.05) is 36.4 Å². The van der Waals surface area contributed by atoms with E-state index in [1.807, 2.05) is 33.8 Å². The fraction of sp³-hybridized carbons (Fsp3) is 0.519. The molecule has 1 heterocycles. The van der Waals surface area contributed by atoms with Gasteiger partial charge in [0.05, 0.1) is 12.1 Å². The lowest BCUT2D eigenvalue weighted by Gasteiger charge is -2.30. The van der Waals surface area contributed by atoms with Gasteiger partial charge in [0.25, 0.3) is 0 Å². The minimum absolute atomic E-state index is 0.0521. The van der Waals surface area contributed by atoms with Gasteiger partial charge in [-0.15, -0.1) is 0 Å². The number of phenols is 2. The van der Waals surface area contributed by atoms with Crippen molar-refractivity contribution in [2.45, 2.75) is 65.1 Å². The highest BCUT2D eigenvalue weighted by Crippen LogP contribution is 2.38. The number of carbonyl (C=O) groups excluding carboxylic acids is 1. The van der Waals surface area contributed by atoms with Crippen LogP contribution in [0, 0.1) is 5.92 Å². The van der Waals surface area contributed by atoms with E-state index < -0.39 is 0 Å². The van der Waals surface area contributed by atoms with Crippen molar-refractivity contribution >= 4 is 12.0 Å². The molecule has 0 aromatic heterocycles. The standard InChI is InChI=1S/C27H38N2O4/c1-5-33-19(4)27(24-14-23(18(2)3)25(31)15-26(24)32)28-22-8-6-20(7-9-22)16-29-12-10-21(17-30)11-13-29/h6-9,14-15,17-19,21,27-28,31-32H,5,10-13,16H2,1-4H3/t19-,27?/m0/s1. The van der Waals surface area contributed by atoms with E-state index in [2.05, 4.69) is 34.5 Å². The molecule has 0 spiro atoms. The quantitative estimate of drug-likeness (QED) is 0.428. The zero-order valence-corrected chi connectivity index (χ0v) is 20.3. The normalized spacial score (nSPS) is 17.1. The maximum absolute atomic E-state index is 11.0. The summed E-state index contributed by atoms with van der Waals surface area (Å²) in [4.78, 5) is 13.4. The van der Waals surface area contributed by atoms with Crippen molar-refractivity contribution in [1.82, 2.24) is 4.90 Å². The van der Waals surface area contributed by atoms with Crippen LogP contribution in [0.2, 0.25) is 0 Å². The lowest BCUT2D eigenvalue weighted by molar-refractivity contribution is -0.112. The molecule has 3 rings (SSSR count). The zero-order valence-electron chi connectivity index (χ0n) is 20.3. The molecule has 6 nitrogen and oxygen atoms in total. The van der Waals surface area contributed by atoms with Crippen molar-refractivity contribution in [1.29, 1.82) is 0 Å². The average molecular weight is 455 g/mol. The SMILES string of the molecule is CCO[C@@H](C)C(Nc1ccc(CN2CCC(C=O)CC2)cc1)c1cc(C(C)C)c(O)cc1O. The number of aromatic hydroxyl groups is 2. The van der Waals surface area contributed by atoms with Crippen LogP contribution < -0.4 is 5.32 Å². The molecule has 0 radical (unpaired) electrons. The zero-order chi connectivity index (χ0) is 24.0. The third-order valence-corrected chi connectivity index (χ3v) is 6.54.